The van der Waals surface area contributed by atoms with E-state index < -0.39 is 4.33 Å². The average Bonchev–Trinajstić information content (AvgIpc) is 2.11. The van der Waals surface area contributed by atoms with Crippen molar-refractivity contribution < 1.29 is 0 Å². The Balaban J connectivity index is 2.67. The first-order valence-electron chi connectivity index (χ1n) is 5.01. The molecule has 80 valence electrons. The number of alkyl halides is 3. The smallest absolute Gasteiger partial charge is 0.195 e. The zero-order valence-corrected chi connectivity index (χ0v) is 10.2. The van der Waals surface area contributed by atoms with Crippen LogP contribution in [0.1, 0.15) is 38.5 Å². The molecule has 0 radical (unpaired) electrons. The highest BCUT2D eigenvalue weighted by Crippen LogP contribution is 2.40. The predicted octanol–water partition coefficient (Wildman–Crippen LogP) is 4.26. The van der Waals surface area contributed by atoms with Crippen LogP contribution in [-0.2, 0) is 0 Å². The summed E-state index contributed by atoms with van der Waals surface area (Å²) in [7, 11) is 0. The molecule has 0 amide bonds. The second-order valence-corrected chi connectivity index (χ2v) is 5.80. The van der Waals surface area contributed by atoms with E-state index >= 15 is 0 Å². The monoisotopic (exact) mass is 253 g/mol. The maximum absolute atomic E-state index is 8.85. The molecule has 1 saturated carbocycles. The largest absolute Gasteiger partial charge is 0.207 e. The minimum absolute atomic E-state index is 0.0649. The molecule has 1 nitrogen and oxygen atoms in total. The topological polar surface area (TPSA) is 23.8 Å². The normalized spacial score (nSPS) is 30.1. The van der Waals surface area contributed by atoms with E-state index in [1.165, 1.54) is 12.8 Å². The SMILES string of the molecule is N#CC(Cl)(Cl)C1CCCCCCC1Cl. The maximum Gasteiger partial charge on any atom is 0.207 e. The van der Waals surface area contributed by atoms with Crippen LogP contribution in [0.4, 0.5) is 0 Å². The van der Waals surface area contributed by atoms with Crippen LogP contribution in [0.3, 0.4) is 0 Å². The number of rotatable bonds is 1. The third-order valence-corrected chi connectivity index (χ3v) is 4.05. The summed E-state index contributed by atoms with van der Waals surface area (Å²) in [5, 5.41) is 8.79. The van der Waals surface area contributed by atoms with Gasteiger partial charge in [0.25, 0.3) is 0 Å². The first-order valence-corrected chi connectivity index (χ1v) is 6.20. The highest BCUT2D eigenvalue weighted by molar-refractivity contribution is 6.51. The molecule has 1 aliphatic carbocycles. The van der Waals surface area contributed by atoms with Gasteiger partial charge in [0, 0.05) is 11.3 Å². The van der Waals surface area contributed by atoms with Crippen LogP contribution < -0.4 is 0 Å². The summed E-state index contributed by atoms with van der Waals surface area (Å²) in [6, 6.07) is 1.94. The Kier molecular flexibility index (Phi) is 4.83. The van der Waals surface area contributed by atoms with Gasteiger partial charge in [0.15, 0.2) is 0 Å². The molecule has 14 heavy (non-hydrogen) atoms. The predicted molar refractivity (Wildman–Crippen MR) is 60.9 cm³/mol. The van der Waals surface area contributed by atoms with E-state index in [0.717, 1.165) is 25.7 Å². The van der Waals surface area contributed by atoms with E-state index in [1.807, 2.05) is 6.07 Å². The van der Waals surface area contributed by atoms with Crippen molar-refractivity contribution in [2.45, 2.75) is 48.2 Å². The Morgan fingerprint density at radius 2 is 1.64 bits per heavy atom. The van der Waals surface area contributed by atoms with E-state index in [4.69, 9.17) is 40.1 Å². The fourth-order valence-electron chi connectivity index (χ4n) is 1.93. The van der Waals surface area contributed by atoms with Crippen LogP contribution in [-0.4, -0.2) is 9.71 Å². The van der Waals surface area contributed by atoms with E-state index in [1.54, 1.807) is 0 Å². The van der Waals surface area contributed by atoms with Crippen molar-refractivity contribution in [1.29, 1.82) is 5.26 Å². The molecular formula is C10H14Cl3N. The Hall–Kier alpha value is 0.360. The van der Waals surface area contributed by atoms with E-state index in [9.17, 15) is 0 Å². The zero-order valence-electron chi connectivity index (χ0n) is 7.98. The molecule has 1 aliphatic rings. The lowest BCUT2D eigenvalue weighted by atomic mass is 9.88. The van der Waals surface area contributed by atoms with Gasteiger partial charge in [-0.25, -0.2) is 0 Å². The highest BCUT2D eigenvalue weighted by atomic mass is 35.5. The molecule has 0 saturated heterocycles. The van der Waals surface area contributed by atoms with Crippen molar-refractivity contribution in [3.63, 3.8) is 0 Å². The lowest BCUT2D eigenvalue weighted by Crippen LogP contribution is -2.32. The van der Waals surface area contributed by atoms with Crippen LogP contribution in [0.15, 0.2) is 0 Å². The quantitative estimate of drug-likeness (QED) is 0.641. The lowest BCUT2D eigenvalue weighted by molar-refractivity contribution is 0.378. The Labute approximate surface area is 100 Å². The van der Waals surface area contributed by atoms with Crippen LogP contribution in [0, 0.1) is 17.2 Å². The minimum Gasteiger partial charge on any atom is -0.195 e. The summed E-state index contributed by atoms with van der Waals surface area (Å²) in [5.74, 6) is -0.0993. The summed E-state index contributed by atoms with van der Waals surface area (Å²) < 4.78 is -1.32. The molecule has 0 aromatic heterocycles. The van der Waals surface area contributed by atoms with Crippen molar-refractivity contribution in [3.05, 3.63) is 0 Å². The maximum atomic E-state index is 8.85. The molecule has 0 spiro atoms. The van der Waals surface area contributed by atoms with Crippen molar-refractivity contribution in [1.82, 2.24) is 0 Å². The molecule has 0 aromatic rings. The minimum atomic E-state index is -1.32. The molecular weight excluding hydrogens is 240 g/mol. The highest BCUT2D eigenvalue weighted by Gasteiger charge is 2.39. The van der Waals surface area contributed by atoms with Crippen molar-refractivity contribution in [2.75, 3.05) is 0 Å². The molecule has 0 aromatic carbocycles. The van der Waals surface area contributed by atoms with Gasteiger partial charge in [-0.15, -0.1) is 11.6 Å². The van der Waals surface area contributed by atoms with Gasteiger partial charge in [-0.2, -0.15) is 5.26 Å². The summed E-state index contributed by atoms with van der Waals surface area (Å²) in [4.78, 5) is 0. The van der Waals surface area contributed by atoms with E-state index in [0.29, 0.717) is 0 Å². The molecule has 1 fully saturated rings. The van der Waals surface area contributed by atoms with Gasteiger partial charge in [-0.1, -0.05) is 48.9 Å². The van der Waals surface area contributed by atoms with Gasteiger partial charge in [-0.05, 0) is 12.8 Å². The van der Waals surface area contributed by atoms with Gasteiger partial charge in [-0.3, -0.25) is 0 Å². The van der Waals surface area contributed by atoms with Gasteiger partial charge in [0.05, 0.1) is 0 Å². The lowest BCUT2D eigenvalue weighted by Gasteiger charge is -2.29. The first-order chi connectivity index (χ1) is 6.58. The molecule has 2 atom stereocenters. The number of halogens is 3. The summed E-state index contributed by atoms with van der Waals surface area (Å²) in [6.07, 6.45) is 6.36. The molecule has 0 heterocycles. The van der Waals surface area contributed by atoms with Gasteiger partial charge in [0.1, 0.15) is 6.07 Å². The third-order valence-electron chi connectivity index (χ3n) is 2.80. The van der Waals surface area contributed by atoms with Gasteiger partial charge in [0.2, 0.25) is 4.33 Å². The van der Waals surface area contributed by atoms with Crippen molar-refractivity contribution >= 4 is 34.8 Å². The molecule has 0 bridgehead atoms. The van der Waals surface area contributed by atoms with Crippen LogP contribution in [0.2, 0.25) is 0 Å². The third kappa shape index (κ3) is 3.19. The summed E-state index contributed by atoms with van der Waals surface area (Å²) >= 11 is 18.1. The molecule has 0 N–H and O–H groups in total. The number of hydrogen-bond donors (Lipinski definition) is 0. The summed E-state index contributed by atoms with van der Waals surface area (Å²) in [5.41, 5.74) is 0. The number of hydrogen-bond acceptors (Lipinski definition) is 1. The molecule has 4 heteroatoms. The van der Waals surface area contributed by atoms with E-state index in [2.05, 4.69) is 0 Å². The molecule has 0 aliphatic heterocycles. The van der Waals surface area contributed by atoms with Crippen molar-refractivity contribution in [2.24, 2.45) is 5.92 Å². The zero-order chi connectivity index (χ0) is 10.6. The van der Waals surface area contributed by atoms with E-state index in [-0.39, 0.29) is 11.3 Å². The fraction of sp³-hybridized carbons (Fsp3) is 0.900. The first kappa shape index (κ1) is 12.4. The Morgan fingerprint density at radius 1 is 1.07 bits per heavy atom. The van der Waals surface area contributed by atoms with Crippen LogP contribution >= 0.6 is 34.8 Å². The second kappa shape index (κ2) is 5.45. The average molecular weight is 255 g/mol. The standard InChI is InChI=1S/C10H14Cl3N/c11-9-6-4-2-1-3-5-8(9)10(12,13)7-14/h8-9H,1-6H2. The number of nitriles is 1. The molecule has 2 unspecified atom stereocenters. The number of nitrogens with zero attached hydrogens (tertiary/aromatic N) is 1. The summed E-state index contributed by atoms with van der Waals surface area (Å²) in [6.45, 7) is 0. The fourth-order valence-corrected chi connectivity index (χ4v) is 3.05. The Bertz CT molecular complexity index is 222. The second-order valence-electron chi connectivity index (χ2n) is 3.85. The van der Waals surface area contributed by atoms with Crippen molar-refractivity contribution in [3.8, 4) is 6.07 Å². The van der Waals surface area contributed by atoms with Crippen LogP contribution in [0.25, 0.3) is 0 Å². The van der Waals surface area contributed by atoms with Crippen LogP contribution in [0.5, 0.6) is 0 Å². The Morgan fingerprint density at radius 3 is 2.21 bits per heavy atom. The molecule has 1 rings (SSSR count). The van der Waals surface area contributed by atoms with Gasteiger partial charge >= 0.3 is 0 Å². The van der Waals surface area contributed by atoms with Gasteiger partial charge < -0.3 is 0 Å².